The Morgan fingerprint density at radius 2 is 1.71 bits per heavy atom. The zero-order valence-electron chi connectivity index (χ0n) is 24.7. The summed E-state index contributed by atoms with van der Waals surface area (Å²) in [4.78, 5) is 35.5. The third-order valence-corrected chi connectivity index (χ3v) is 7.51. The highest BCUT2D eigenvalue weighted by atomic mass is 32.2. The Morgan fingerprint density at radius 3 is 2.38 bits per heavy atom. The van der Waals surface area contributed by atoms with Crippen LogP contribution in [0.4, 0.5) is 23.7 Å². The van der Waals surface area contributed by atoms with Gasteiger partial charge in [-0.25, -0.2) is 14.5 Å². The van der Waals surface area contributed by atoms with Gasteiger partial charge in [0.25, 0.3) is 0 Å². The van der Waals surface area contributed by atoms with Crippen molar-refractivity contribution >= 4 is 34.6 Å². The maximum Gasteiger partial charge on any atom is 0.573 e. The van der Waals surface area contributed by atoms with Crippen LogP contribution in [0.3, 0.4) is 0 Å². The summed E-state index contributed by atoms with van der Waals surface area (Å²) in [5, 5.41) is 7.37. The Hall–Kier alpha value is -4.85. The van der Waals surface area contributed by atoms with Gasteiger partial charge in [0.05, 0.1) is 17.1 Å². The number of aromatic nitrogens is 3. The van der Waals surface area contributed by atoms with Gasteiger partial charge in [-0.15, -0.1) is 18.3 Å². The molecule has 1 aliphatic rings. The van der Waals surface area contributed by atoms with Crippen LogP contribution < -0.4 is 19.7 Å². The van der Waals surface area contributed by atoms with Gasteiger partial charge < -0.3 is 14.8 Å². The Bertz CT molecular complexity index is 1720. The van der Waals surface area contributed by atoms with Gasteiger partial charge in [-0.3, -0.25) is 9.69 Å². The summed E-state index contributed by atoms with van der Waals surface area (Å²) in [5.41, 5.74) is 3.87. The van der Waals surface area contributed by atoms with Gasteiger partial charge in [0.15, 0.2) is 17.2 Å². The van der Waals surface area contributed by atoms with Gasteiger partial charge in [-0.2, -0.15) is 4.99 Å². The molecule has 0 bridgehead atoms. The van der Waals surface area contributed by atoms with E-state index in [1.807, 2.05) is 39.0 Å². The summed E-state index contributed by atoms with van der Waals surface area (Å²) in [7, 11) is 0. The van der Waals surface area contributed by atoms with E-state index in [-0.39, 0.29) is 23.3 Å². The molecule has 1 aromatic heterocycles. The summed E-state index contributed by atoms with van der Waals surface area (Å²) in [5.74, 6) is 0.729. The van der Waals surface area contributed by atoms with Crippen LogP contribution in [0.25, 0.3) is 17.1 Å². The fourth-order valence-electron chi connectivity index (χ4n) is 4.55. The highest BCUT2D eigenvalue weighted by Crippen LogP contribution is 2.34. The number of aryl methyl sites for hydroxylation is 1. The van der Waals surface area contributed by atoms with E-state index in [0.717, 1.165) is 16.8 Å². The van der Waals surface area contributed by atoms with Crippen molar-refractivity contribution in [3.63, 3.8) is 0 Å². The van der Waals surface area contributed by atoms with Crippen molar-refractivity contribution in [2.24, 2.45) is 4.99 Å². The highest BCUT2D eigenvalue weighted by molar-refractivity contribution is 8.15. The fourth-order valence-corrected chi connectivity index (χ4v) is 5.41. The molecule has 4 aromatic rings. The second-order valence-corrected chi connectivity index (χ2v) is 11.4. The summed E-state index contributed by atoms with van der Waals surface area (Å²) in [6.45, 7) is 7.69. The van der Waals surface area contributed by atoms with E-state index >= 15 is 0 Å². The average molecular weight is 639 g/mol. The molecule has 1 fully saturated rings. The first-order valence-corrected chi connectivity index (χ1v) is 14.9. The molecule has 0 spiro atoms. The molecule has 3 aromatic carbocycles. The number of ether oxygens (including phenoxy) is 2. The molecule has 1 atom stereocenters. The van der Waals surface area contributed by atoms with E-state index in [0.29, 0.717) is 28.0 Å². The van der Waals surface area contributed by atoms with Crippen LogP contribution in [0.1, 0.15) is 37.8 Å². The predicted molar refractivity (Wildman–Crippen MR) is 165 cm³/mol. The number of aliphatic imine (C=N–C) groups is 1. The van der Waals surface area contributed by atoms with Crippen LogP contribution in [0.2, 0.25) is 0 Å². The van der Waals surface area contributed by atoms with Crippen LogP contribution in [-0.2, 0) is 4.79 Å². The van der Waals surface area contributed by atoms with E-state index in [9.17, 15) is 22.8 Å². The molecular formula is C31H29F3N6O4S. The number of carbonyl (C=O) groups excluding carboxylic acids is 2. The van der Waals surface area contributed by atoms with Gasteiger partial charge in [-0.1, -0.05) is 37.7 Å². The predicted octanol–water partition coefficient (Wildman–Crippen LogP) is 6.84. The quantitative estimate of drug-likeness (QED) is 0.211. The SMILES string of the molecule is Cc1ccc(C(C)C)c(N2C(=O)CSC2=NC(=O)NC(C)Oc2ccc(-c3ncn(-c4ccc(OC(F)(F)F)cc4)n3)cc2)c1. The van der Waals surface area contributed by atoms with Gasteiger partial charge in [0, 0.05) is 5.56 Å². The molecule has 2 heterocycles. The summed E-state index contributed by atoms with van der Waals surface area (Å²) in [6, 6.07) is 17.4. The van der Waals surface area contributed by atoms with Crippen molar-refractivity contribution in [2.45, 2.75) is 46.2 Å². The number of benzene rings is 3. The number of halogens is 3. The number of thioether (sulfide) groups is 1. The first-order valence-electron chi connectivity index (χ1n) is 13.9. The van der Waals surface area contributed by atoms with Crippen LogP contribution >= 0.6 is 11.8 Å². The van der Waals surface area contributed by atoms with Crippen LogP contribution in [-0.4, -0.2) is 50.2 Å². The van der Waals surface area contributed by atoms with E-state index in [1.54, 1.807) is 31.2 Å². The lowest BCUT2D eigenvalue weighted by atomic mass is 9.99. The topological polar surface area (TPSA) is 111 Å². The molecule has 0 aliphatic carbocycles. The number of carbonyl (C=O) groups is 2. The number of amidine groups is 1. The standard InChI is InChI=1S/C31H29F3N6O4S/c1-18(2)25-14-5-19(3)15-26(25)40-27(41)16-45-30(40)37-29(42)36-20(4)43-23-10-6-21(7-11-23)28-35-17-39(38-28)22-8-12-24(13-9-22)44-31(32,33)34/h5-15,17-18,20H,16H2,1-4H3,(H,36,42). The highest BCUT2D eigenvalue weighted by Gasteiger charge is 2.33. The monoisotopic (exact) mass is 638 g/mol. The van der Waals surface area contributed by atoms with Crippen molar-refractivity contribution in [2.75, 3.05) is 10.7 Å². The largest absolute Gasteiger partial charge is 0.573 e. The normalized spacial score (nSPS) is 15.1. The zero-order valence-corrected chi connectivity index (χ0v) is 25.5. The lowest BCUT2D eigenvalue weighted by molar-refractivity contribution is -0.274. The number of anilines is 1. The van der Waals surface area contributed by atoms with E-state index in [1.165, 1.54) is 51.9 Å². The summed E-state index contributed by atoms with van der Waals surface area (Å²) in [6.07, 6.45) is -4.07. The molecule has 1 aliphatic heterocycles. The first kappa shape index (κ1) is 31.6. The van der Waals surface area contributed by atoms with E-state index in [4.69, 9.17) is 4.74 Å². The fraction of sp³-hybridized carbons (Fsp3) is 0.258. The number of amides is 3. The van der Waals surface area contributed by atoms with Gasteiger partial charge in [-0.05, 0) is 85.5 Å². The maximum atomic E-state index is 12.8. The first-order chi connectivity index (χ1) is 21.4. The third-order valence-electron chi connectivity index (χ3n) is 6.59. The number of hydrogen-bond donors (Lipinski definition) is 1. The molecule has 0 radical (unpaired) electrons. The smallest absolute Gasteiger partial charge is 0.471 e. The Balaban J connectivity index is 1.20. The Kier molecular flexibility index (Phi) is 9.14. The van der Waals surface area contributed by atoms with Crippen molar-refractivity contribution in [3.05, 3.63) is 84.2 Å². The zero-order chi connectivity index (χ0) is 32.3. The van der Waals surface area contributed by atoms with Crippen LogP contribution in [0.5, 0.6) is 11.5 Å². The lowest BCUT2D eigenvalue weighted by Crippen LogP contribution is -2.37. The Morgan fingerprint density at radius 1 is 1.02 bits per heavy atom. The number of alkyl halides is 3. The van der Waals surface area contributed by atoms with E-state index < -0.39 is 18.6 Å². The molecular weight excluding hydrogens is 609 g/mol. The Labute approximate surface area is 261 Å². The average Bonchev–Trinajstić information content (AvgIpc) is 3.60. The number of hydrogen-bond acceptors (Lipinski definition) is 7. The lowest BCUT2D eigenvalue weighted by Gasteiger charge is -2.22. The minimum Gasteiger partial charge on any atom is -0.471 e. The van der Waals surface area contributed by atoms with Crippen molar-refractivity contribution in [1.82, 2.24) is 20.1 Å². The number of nitrogens with zero attached hydrogens (tertiary/aromatic N) is 5. The van der Waals surface area contributed by atoms with Crippen LogP contribution in [0.15, 0.2) is 78.0 Å². The van der Waals surface area contributed by atoms with Crippen molar-refractivity contribution in [1.29, 1.82) is 0 Å². The molecule has 1 N–H and O–H groups in total. The minimum atomic E-state index is -4.77. The molecule has 5 rings (SSSR count). The van der Waals surface area contributed by atoms with Gasteiger partial charge in [0.2, 0.25) is 5.91 Å². The van der Waals surface area contributed by atoms with Crippen LogP contribution in [0, 0.1) is 6.92 Å². The molecule has 234 valence electrons. The minimum absolute atomic E-state index is 0.142. The molecule has 1 saturated heterocycles. The summed E-state index contributed by atoms with van der Waals surface area (Å²) < 4.78 is 48.4. The number of nitrogens with one attached hydrogen (secondary N) is 1. The third kappa shape index (κ3) is 7.81. The second-order valence-electron chi connectivity index (χ2n) is 10.4. The molecule has 1 unspecified atom stereocenters. The van der Waals surface area contributed by atoms with Crippen molar-refractivity contribution in [3.8, 4) is 28.6 Å². The molecule has 3 amide bonds. The summed E-state index contributed by atoms with van der Waals surface area (Å²) >= 11 is 1.21. The number of urea groups is 1. The van der Waals surface area contributed by atoms with E-state index in [2.05, 4.69) is 25.1 Å². The molecule has 10 nitrogen and oxygen atoms in total. The molecule has 45 heavy (non-hydrogen) atoms. The van der Waals surface area contributed by atoms with Gasteiger partial charge >= 0.3 is 12.4 Å². The maximum absolute atomic E-state index is 12.8. The molecule has 14 heteroatoms. The van der Waals surface area contributed by atoms with Gasteiger partial charge in [0.1, 0.15) is 17.8 Å². The number of rotatable bonds is 8. The second kappa shape index (κ2) is 13.0. The molecule has 0 saturated carbocycles. The van der Waals surface area contributed by atoms with Crippen molar-refractivity contribution < 1.29 is 32.2 Å².